The third kappa shape index (κ3) is 3.41. The van der Waals surface area contributed by atoms with Crippen LogP contribution in [0.25, 0.3) is 0 Å². The first-order valence-electron chi connectivity index (χ1n) is 9.19. The van der Waals surface area contributed by atoms with Crippen LogP contribution < -0.4 is 4.46 Å². The molecule has 1 aliphatic carbocycles. The third-order valence-electron chi connectivity index (χ3n) is 5.73. The van der Waals surface area contributed by atoms with Gasteiger partial charge in [-0.25, -0.2) is 0 Å². The van der Waals surface area contributed by atoms with E-state index >= 15 is 0 Å². The molecule has 3 heteroatoms. The molecule has 0 spiro atoms. The zero-order chi connectivity index (χ0) is 17.3. The van der Waals surface area contributed by atoms with E-state index in [9.17, 15) is 0 Å². The van der Waals surface area contributed by atoms with Crippen LogP contribution in [0.2, 0.25) is 4.31 Å². The number of hydroxylamine groups is 1. The standard InChI is InChI=1S/C22H26NOSe/c1-17-19-13-14-22(2,25-20-11-7-4-8-12-20)21(15-19)23(17)24-16-18-9-5-3-6-10-18/h3-12,19,21H,13-16H2,1-2H3/q+1/t19-,21-,22-/m0/s1. The van der Waals surface area contributed by atoms with Crippen molar-refractivity contribution < 1.29 is 9.58 Å². The van der Waals surface area contributed by atoms with Crippen molar-refractivity contribution in [3.8, 4) is 0 Å². The van der Waals surface area contributed by atoms with Crippen molar-refractivity contribution in [1.82, 2.24) is 0 Å². The number of fused-ring (bicyclic) bond motifs is 2. The van der Waals surface area contributed by atoms with Crippen LogP contribution in [0.15, 0.2) is 60.7 Å². The Labute approximate surface area is 157 Å². The van der Waals surface area contributed by atoms with Crippen molar-refractivity contribution in [2.24, 2.45) is 5.92 Å². The van der Waals surface area contributed by atoms with Gasteiger partial charge in [-0.15, -0.1) is 0 Å². The molecule has 2 bridgehead atoms. The molecule has 4 rings (SSSR count). The number of rotatable bonds is 5. The number of hydrogen-bond donors (Lipinski definition) is 0. The molecular weight excluding hydrogens is 373 g/mol. The quantitative estimate of drug-likeness (QED) is 0.547. The molecule has 0 radical (unpaired) electrons. The first kappa shape index (κ1) is 16.9. The fourth-order valence-electron chi connectivity index (χ4n) is 4.20. The summed E-state index contributed by atoms with van der Waals surface area (Å²) in [5, 5.41) is 0. The SMILES string of the molecule is CC1=[N+](OCc2ccccc2)[C@H]2C[C@@H]1CC[C@]2(C)[Se]c1ccccc1. The predicted molar refractivity (Wildman–Crippen MR) is 103 cm³/mol. The van der Waals surface area contributed by atoms with Gasteiger partial charge < -0.3 is 0 Å². The van der Waals surface area contributed by atoms with Gasteiger partial charge in [0.1, 0.15) is 0 Å². The molecule has 2 nitrogen and oxygen atoms in total. The Bertz CT molecular complexity index is 758. The van der Waals surface area contributed by atoms with Crippen molar-refractivity contribution in [1.29, 1.82) is 0 Å². The predicted octanol–water partition coefficient (Wildman–Crippen LogP) is 3.98. The normalized spacial score (nSPS) is 28.2. The maximum absolute atomic E-state index is 6.35. The van der Waals surface area contributed by atoms with E-state index < -0.39 is 0 Å². The van der Waals surface area contributed by atoms with Gasteiger partial charge in [0.25, 0.3) is 0 Å². The van der Waals surface area contributed by atoms with E-state index in [1.54, 1.807) is 0 Å². The van der Waals surface area contributed by atoms with E-state index in [0.717, 1.165) is 0 Å². The van der Waals surface area contributed by atoms with E-state index in [-0.39, 0.29) is 0 Å². The second kappa shape index (κ2) is 6.97. The molecule has 0 saturated heterocycles. The zero-order valence-corrected chi connectivity index (χ0v) is 16.7. The summed E-state index contributed by atoms with van der Waals surface area (Å²) in [5.41, 5.74) is 2.68. The van der Waals surface area contributed by atoms with Crippen molar-refractivity contribution in [2.75, 3.05) is 0 Å². The first-order valence-corrected chi connectivity index (χ1v) is 10.9. The van der Waals surface area contributed by atoms with Gasteiger partial charge in [0.15, 0.2) is 0 Å². The Balaban J connectivity index is 1.54. The van der Waals surface area contributed by atoms with Crippen LogP contribution in [-0.4, -0.2) is 31.4 Å². The molecule has 1 fully saturated rings. The average molecular weight is 399 g/mol. The molecule has 0 N–H and O–H groups in total. The van der Waals surface area contributed by atoms with Crippen LogP contribution in [0.1, 0.15) is 38.7 Å². The number of benzene rings is 2. The van der Waals surface area contributed by atoms with Crippen LogP contribution in [0.3, 0.4) is 0 Å². The second-order valence-corrected chi connectivity index (χ2v) is 10.8. The third-order valence-corrected chi connectivity index (χ3v) is 8.77. The van der Waals surface area contributed by atoms with Crippen LogP contribution in [0, 0.1) is 5.92 Å². The summed E-state index contributed by atoms with van der Waals surface area (Å²) >= 11 is 0.461. The van der Waals surface area contributed by atoms with Crippen molar-refractivity contribution in [3.63, 3.8) is 0 Å². The molecule has 0 unspecified atom stereocenters. The number of hydrogen-bond acceptors (Lipinski definition) is 1. The summed E-state index contributed by atoms with van der Waals surface area (Å²) in [6.07, 6.45) is 3.87. The van der Waals surface area contributed by atoms with Crippen molar-refractivity contribution in [2.45, 2.75) is 50.1 Å². The van der Waals surface area contributed by atoms with Crippen LogP contribution in [-0.2, 0) is 11.4 Å². The summed E-state index contributed by atoms with van der Waals surface area (Å²) in [6.45, 7) is 5.42. The molecule has 25 heavy (non-hydrogen) atoms. The van der Waals surface area contributed by atoms with Gasteiger partial charge in [-0.05, 0) is 0 Å². The Morgan fingerprint density at radius 1 is 1.08 bits per heavy atom. The van der Waals surface area contributed by atoms with Gasteiger partial charge in [0.05, 0.1) is 0 Å². The molecule has 3 atom stereocenters. The second-order valence-electron chi connectivity index (χ2n) is 7.44. The van der Waals surface area contributed by atoms with Gasteiger partial charge in [-0.1, -0.05) is 0 Å². The summed E-state index contributed by atoms with van der Waals surface area (Å²) in [6, 6.07) is 22.1. The van der Waals surface area contributed by atoms with E-state index in [1.807, 2.05) is 0 Å². The summed E-state index contributed by atoms with van der Waals surface area (Å²) in [5.74, 6) is 0.709. The average Bonchev–Trinajstić information content (AvgIpc) is 2.92. The number of nitrogens with zero attached hydrogens (tertiary/aromatic N) is 1. The van der Waals surface area contributed by atoms with Crippen molar-refractivity contribution in [3.05, 3.63) is 66.2 Å². The maximum atomic E-state index is 6.35. The van der Waals surface area contributed by atoms with E-state index in [1.165, 1.54) is 35.0 Å². The Hall–Kier alpha value is -1.57. The topological polar surface area (TPSA) is 12.2 Å². The van der Waals surface area contributed by atoms with E-state index in [2.05, 4.69) is 79.2 Å². The summed E-state index contributed by atoms with van der Waals surface area (Å²) in [7, 11) is 0. The Morgan fingerprint density at radius 3 is 2.48 bits per heavy atom. The molecule has 1 saturated carbocycles. The summed E-state index contributed by atoms with van der Waals surface area (Å²) in [4.78, 5) is 6.35. The molecule has 1 heterocycles. The van der Waals surface area contributed by atoms with Gasteiger partial charge in [0.2, 0.25) is 0 Å². The molecule has 2 aromatic rings. The van der Waals surface area contributed by atoms with Gasteiger partial charge in [0, 0.05) is 0 Å². The summed E-state index contributed by atoms with van der Waals surface area (Å²) < 4.78 is 4.12. The van der Waals surface area contributed by atoms with E-state index in [4.69, 9.17) is 4.84 Å². The fourth-order valence-corrected chi connectivity index (χ4v) is 7.09. The van der Waals surface area contributed by atoms with Crippen LogP contribution in [0.5, 0.6) is 0 Å². The molecule has 0 amide bonds. The molecule has 2 aliphatic rings. The first-order chi connectivity index (χ1) is 12.2. The van der Waals surface area contributed by atoms with Gasteiger partial charge >= 0.3 is 157 Å². The minimum absolute atomic E-state index is 0.333. The van der Waals surface area contributed by atoms with Crippen molar-refractivity contribution >= 4 is 25.1 Å². The molecule has 130 valence electrons. The Morgan fingerprint density at radius 2 is 1.76 bits per heavy atom. The molecular formula is C22H26NOSe+. The fraction of sp³-hybridized carbons (Fsp3) is 0.409. The van der Waals surface area contributed by atoms with Gasteiger partial charge in [-0.3, -0.25) is 0 Å². The minimum atomic E-state index is 0.333. The van der Waals surface area contributed by atoms with E-state index in [0.29, 0.717) is 37.8 Å². The van der Waals surface area contributed by atoms with Crippen LogP contribution >= 0.6 is 0 Å². The molecule has 2 aromatic carbocycles. The monoisotopic (exact) mass is 400 g/mol. The van der Waals surface area contributed by atoms with Gasteiger partial charge in [-0.2, -0.15) is 0 Å². The molecule has 1 aliphatic heterocycles. The molecule has 0 aromatic heterocycles. The van der Waals surface area contributed by atoms with Crippen LogP contribution in [0.4, 0.5) is 0 Å². The Kier molecular flexibility index (Phi) is 4.71. The zero-order valence-electron chi connectivity index (χ0n) is 15.0.